The van der Waals surface area contributed by atoms with Gasteiger partial charge in [0.2, 0.25) is 0 Å². The van der Waals surface area contributed by atoms with E-state index in [2.05, 4.69) is 5.32 Å². The number of nitrogens with zero attached hydrogens (tertiary/aromatic N) is 1. The van der Waals surface area contributed by atoms with Crippen LogP contribution in [0.4, 0.5) is 9.59 Å². The number of rotatable bonds is 2. The Bertz CT molecular complexity index is 492. The maximum atomic E-state index is 12.3. The number of carboxylic acid groups (broad SMARTS) is 1. The summed E-state index contributed by atoms with van der Waals surface area (Å²) in [5.41, 5.74) is -1.38. The van der Waals surface area contributed by atoms with Gasteiger partial charge in [-0.2, -0.15) is 0 Å². The number of nitrogens with one attached hydrogen (secondary N) is 1. The number of hydrogen-bond acceptors (Lipinski definition) is 5. The van der Waals surface area contributed by atoms with Gasteiger partial charge in [-0.25, -0.2) is 9.59 Å². The minimum absolute atomic E-state index is 0.105. The standard InChI is InChI=1S/C16H28N2O6/c1-15(2,3)23-13(21)17-11-9-10(12(19)20)7-8-18(11)14(22)24-16(4,5)6/h10-11H,7-9H2,1-6H3,(H,17,21)(H,19,20)/t10-,11+/m1/s1. The van der Waals surface area contributed by atoms with Crippen molar-refractivity contribution in [1.82, 2.24) is 10.2 Å². The Hall–Kier alpha value is -1.99. The van der Waals surface area contributed by atoms with E-state index in [0.29, 0.717) is 6.42 Å². The van der Waals surface area contributed by atoms with Crippen molar-refractivity contribution in [3.8, 4) is 0 Å². The molecule has 1 heterocycles. The van der Waals surface area contributed by atoms with E-state index in [1.807, 2.05) is 0 Å². The zero-order valence-corrected chi connectivity index (χ0v) is 15.2. The van der Waals surface area contributed by atoms with Crippen molar-refractivity contribution >= 4 is 18.2 Å². The third-order valence-electron chi connectivity index (χ3n) is 3.26. The second-order valence-electron chi connectivity index (χ2n) is 7.90. The van der Waals surface area contributed by atoms with Crippen LogP contribution in [0.25, 0.3) is 0 Å². The van der Waals surface area contributed by atoms with Crippen molar-refractivity contribution in [3.05, 3.63) is 0 Å². The summed E-state index contributed by atoms with van der Waals surface area (Å²) in [6, 6.07) is 0. The Morgan fingerprint density at radius 2 is 1.58 bits per heavy atom. The molecule has 0 spiro atoms. The van der Waals surface area contributed by atoms with E-state index >= 15 is 0 Å². The molecule has 0 aromatic carbocycles. The molecule has 2 atom stereocenters. The molecule has 0 bridgehead atoms. The maximum Gasteiger partial charge on any atom is 0.411 e. The van der Waals surface area contributed by atoms with E-state index in [0.717, 1.165) is 0 Å². The van der Waals surface area contributed by atoms with Gasteiger partial charge in [0.1, 0.15) is 17.4 Å². The van der Waals surface area contributed by atoms with Crippen molar-refractivity contribution in [2.24, 2.45) is 5.92 Å². The smallest absolute Gasteiger partial charge is 0.411 e. The lowest BCUT2D eigenvalue weighted by Crippen LogP contribution is -2.57. The predicted molar refractivity (Wildman–Crippen MR) is 86.5 cm³/mol. The second kappa shape index (κ2) is 7.27. The first-order valence-corrected chi connectivity index (χ1v) is 8.00. The summed E-state index contributed by atoms with van der Waals surface area (Å²) in [5, 5.41) is 11.8. The van der Waals surface area contributed by atoms with E-state index in [1.165, 1.54) is 4.90 Å². The highest BCUT2D eigenvalue weighted by molar-refractivity contribution is 5.74. The largest absolute Gasteiger partial charge is 0.481 e. The van der Waals surface area contributed by atoms with Gasteiger partial charge in [0.25, 0.3) is 0 Å². The van der Waals surface area contributed by atoms with Crippen LogP contribution >= 0.6 is 0 Å². The highest BCUT2D eigenvalue weighted by Gasteiger charge is 2.38. The van der Waals surface area contributed by atoms with E-state index in [9.17, 15) is 19.5 Å². The second-order valence-corrected chi connectivity index (χ2v) is 7.90. The summed E-state index contributed by atoms with van der Waals surface area (Å²) >= 11 is 0. The molecule has 0 radical (unpaired) electrons. The Labute approximate surface area is 142 Å². The van der Waals surface area contributed by atoms with Crippen LogP contribution in [-0.4, -0.2) is 52.1 Å². The zero-order valence-electron chi connectivity index (χ0n) is 15.2. The lowest BCUT2D eigenvalue weighted by molar-refractivity contribution is -0.144. The molecular formula is C16H28N2O6. The predicted octanol–water partition coefficient (Wildman–Crippen LogP) is 2.57. The average molecular weight is 344 g/mol. The van der Waals surface area contributed by atoms with Crippen LogP contribution < -0.4 is 5.32 Å². The molecule has 1 rings (SSSR count). The highest BCUT2D eigenvalue weighted by atomic mass is 16.6. The molecule has 8 nitrogen and oxygen atoms in total. The first kappa shape index (κ1) is 20.1. The van der Waals surface area contributed by atoms with Crippen molar-refractivity contribution < 1.29 is 29.0 Å². The van der Waals surface area contributed by atoms with Gasteiger partial charge >= 0.3 is 18.2 Å². The average Bonchev–Trinajstić information content (AvgIpc) is 2.33. The minimum atomic E-state index is -0.949. The number of piperidine rings is 1. The molecule has 2 amide bonds. The molecule has 0 unspecified atom stereocenters. The van der Waals surface area contributed by atoms with Crippen LogP contribution in [0.2, 0.25) is 0 Å². The summed E-state index contributed by atoms with van der Waals surface area (Å²) in [6.07, 6.45) is -1.67. The van der Waals surface area contributed by atoms with Crippen LogP contribution in [0.3, 0.4) is 0 Å². The Morgan fingerprint density at radius 3 is 2.04 bits per heavy atom. The summed E-state index contributed by atoms with van der Waals surface area (Å²) in [6.45, 7) is 10.6. The fourth-order valence-electron chi connectivity index (χ4n) is 2.31. The van der Waals surface area contributed by atoms with Crippen LogP contribution in [0.15, 0.2) is 0 Å². The molecule has 0 aromatic heterocycles. The lowest BCUT2D eigenvalue weighted by Gasteiger charge is -2.39. The number of alkyl carbamates (subject to hydrolysis) is 1. The van der Waals surface area contributed by atoms with Crippen molar-refractivity contribution in [2.75, 3.05) is 6.54 Å². The van der Waals surface area contributed by atoms with Gasteiger partial charge in [-0.05, 0) is 54.4 Å². The van der Waals surface area contributed by atoms with E-state index in [1.54, 1.807) is 41.5 Å². The van der Waals surface area contributed by atoms with Crippen LogP contribution in [-0.2, 0) is 14.3 Å². The first-order valence-electron chi connectivity index (χ1n) is 8.00. The molecule has 1 fully saturated rings. The number of ether oxygens (including phenoxy) is 2. The highest BCUT2D eigenvalue weighted by Crippen LogP contribution is 2.24. The Morgan fingerprint density at radius 1 is 1.04 bits per heavy atom. The van der Waals surface area contributed by atoms with Gasteiger partial charge in [-0.1, -0.05) is 0 Å². The number of hydrogen-bond donors (Lipinski definition) is 2. The fourth-order valence-corrected chi connectivity index (χ4v) is 2.31. The van der Waals surface area contributed by atoms with Gasteiger partial charge in [0.15, 0.2) is 0 Å². The van der Waals surface area contributed by atoms with E-state index in [-0.39, 0.29) is 13.0 Å². The van der Waals surface area contributed by atoms with Gasteiger partial charge in [-0.3, -0.25) is 9.69 Å². The molecule has 1 aliphatic rings. The number of carbonyl (C=O) groups excluding carboxylic acids is 2. The van der Waals surface area contributed by atoms with E-state index in [4.69, 9.17) is 9.47 Å². The number of carbonyl (C=O) groups is 3. The molecule has 0 aliphatic carbocycles. The van der Waals surface area contributed by atoms with Crippen molar-refractivity contribution in [2.45, 2.75) is 71.8 Å². The molecular weight excluding hydrogens is 316 g/mol. The van der Waals surface area contributed by atoms with Crippen LogP contribution in [0, 0.1) is 5.92 Å². The number of amides is 2. The molecule has 138 valence electrons. The molecule has 2 N–H and O–H groups in total. The van der Waals surface area contributed by atoms with Gasteiger partial charge in [0.05, 0.1) is 5.92 Å². The van der Waals surface area contributed by atoms with E-state index < -0.39 is 41.4 Å². The summed E-state index contributed by atoms with van der Waals surface area (Å²) in [7, 11) is 0. The molecule has 1 saturated heterocycles. The zero-order chi connectivity index (χ0) is 18.7. The summed E-state index contributed by atoms with van der Waals surface area (Å²) < 4.78 is 10.5. The molecule has 0 aromatic rings. The molecule has 0 saturated carbocycles. The third-order valence-corrected chi connectivity index (χ3v) is 3.26. The maximum absolute atomic E-state index is 12.3. The van der Waals surface area contributed by atoms with Gasteiger partial charge in [0, 0.05) is 6.54 Å². The van der Waals surface area contributed by atoms with Crippen LogP contribution in [0.1, 0.15) is 54.4 Å². The molecule has 1 aliphatic heterocycles. The lowest BCUT2D eigenvalue weighted by atomic mass is 9.95. The minimum Gasteiger partial charge on any atom is -0.481 e. The Kier molecular flexibility index (Phi) is 6.08. The first-order chi connectivity index (χ1) is 10.8. The van der Waals surface area contributed by atoms with Crippen molar-refractivity contribution in [3.63, 3.8) is 0 Å². The SMILES string of the molecule is CC(C)(C)OC(=O)N[C@@H]1C[C@H](C(=O)O)CCN1C(=O)OC(C)(C)C. The van der Waals surface area contributed by atoms with Crippen LogP contribution in [0.5, 0.6) is 0 Å². The van der Waals surface area contributed by atoms with Gasteiger partial charge in [-0.15, -0.1) is 0 Å². The summed E-state index contributed by atoms with van der Waals surface area (Å²) in [4.78, 5) is 36.9. The molecule has 8 heteroatoms. The fraction of sp³-hybridized carbons (Fsp3) is 0.812. The topological polar surface area (TPSA) is 105 Å². The normalized spacial score (nSPS) is 21.8. The Balaban J connectivity index is 2.85. The third kappa shape index (κ3) is 6.64. The van der Waals surface area contributed by atoms with Gasteiger partial charge < -0.3 is 19.9 Å². The van der Waals surface area contributed by atoms with Crippen molar-refractivity contribution in [1.29, 1.82) is 0 Å². The molecule has 24 heavy (non-hydrogen) atoms. The summed E-state index contributed by atoms with van der Waals surface area (Å²) in [5.74, 6) is -1.58. The number of aliphatic carboxylic acids is 1. The quantitative estimate of drug-likeness (QED) is 0.797. The monoisotopic (exact) mass is 344 g/mol. The number of likely N-dealkylation sites (tertiary alicyclic amines) is 1. The number of carboxylic acids is 1.